The fourth-order valence-corrected chi connectivity index (χ4v) is 2.46. The summed E-state index contributed by atoms with van der Waals surface area (Å²) >= 11 is 5.73. The van der Waals surface area contributed by atoms with E-state index < -0.39 is 5.82 Å². The van der Waals surface area contributed by atoms with Crippen LogP contribution in [0.3, 0.4) is 0 Å². The average molecular weight is 286 g/mol. The van der Waals surface area contributed by atoms with Crippen LogP contribution >= 0.6 is 11.6 Å². The molecular formula is C14H17ClFNO2. The van der Waals surface area contributed by atoms with Gasteiger partial charge in [-0.25, -0.2) is 4.39 Å². The highest BCUT2D eigenvalue weighted by Gasteiger charge is 2.27. The van der Waals surface area contributed by atoms with E-state index in [9.17, 15) is 9.18 Å². The molecule has 1 heterocycles. The fourth-order valence-electron chi connectivity index (χ4n) is 2.30. The zero-order valence-corrected chi connectivity index (χ0v) is 11.6. The lowest BCUT2D eigenvalue weighted by atomic mass is 10.0. The fraction of sp³-hybridized carbons (Fsp3) is 0.500. The minimum absolute atomic E-state index is 0.0802. The van der Waals surface area contributed by atoms with Gasteiger partial charge in [-0.3, -0.25) is 4.79 Å². The summed E-state index contributed by atoms with van der Waals surface area (Å²) in [5.74, 6) is -0.730. The number of anilines is 1. The molecule has 2 rings (SSSR count). The monoisotopic (exact) mass is 285 g/mol. The van der Waals surface area contributed by atoms with Crippen molar-refractivity contribution in [2.24, 2.45) is 5.92 Å². The van der Waals surface area contributed by atoms with Crippen molar-refractivity contribution in [3.8, 4) is 0 Å². The summed E-state index contributed by atoms with van der Waals surface area (Å²) in [6, 6.07) is 4.36. The molecule has 0 unspecified atom stereocenters. The van der Waals surface area contributed by atoms with Crippen LogP contribution in [0, 0.1) is 11.7 Å². The van der Waals surface area contributed by atoms with Gasteiger partial charge in [0.2, 0.25) is 5.91 Å². The molecule has 1 saturated heterocycles. The van der Waals surface area contributed by atoms with Crippen LogP contribution in [0.2, 0.25) is 5.02 Å². The highest BCUT2D eigenvalue weighted by atomic mass is 35.5. The van der Waals surface area contributed by atoms with Crippen molar-refractivity contribution in [1.82, 2.24) is 0 Å². The molecule has 3 nitrogen and oxygen atoms in total. The molecule has 0 bridgehead atoms. The van der Waals surface area contributed by atoms with Gasteiger partial charge in [-0.1, -0.05) is 11.6 Å². The minimum Gasteiger partial charge on any atom is -0.381 e. The molecule has 104 valence electrons. The maximum absolute atomic E-state index is 13.9. The number of benzene rings is 1. The first-order chi connectivity index (χ1) is 9.13. The van der Waals surface area contributed by atoms with Crippen molar-refractivity contribution >= 4 is 23.2 Å². The van der Waals surface area contributed by atoms with Gasteiger partial charge in [-0.2, -0.15) is 0 Å². The van der Waals surface area contributed by atoms with Gasteiger partial charge < -0.3 is 9.64 Å². The standard InChI is InChI=1S/C14H17ClFNO2/c1-2-17(13-6-5-11(15)8-12(13)16)14(18)10-4-3-7-19-9-10/h5-6,8,10H,2-4,7,9H2,1H3/t10-/m1/s1. The van der Waals surface area contributed by atoms with E-state index in [0.29, 0.717) is 24.8 Å². The number of rotatable bonds is 3. The van der Waals surface area contributed by atoms with Gasteiger partial charge in [-0.05, 0) is 38.0 Å². The summed E-state index contributed by atoms with van der Waals surface area (Å²) in [4.78, 5) is 13.9. The van der Waals surface area contributed by atoms with E-state index in [1.807, 2.05) is 6.92 Å². The van der Waals surface area contributed by atoms with Crippen molar-refractivity contribution in [3.05, 3.63) is 29.0 Å². The van der Waals surface area contributed by atoms with Gasteiger partial charge in [0, 0.05) is 18.2 Å². The van der Waals surface area contributed by atoms with E-state index in [2.05, 4.69) is 0 Å². The number of nitrogens with zero attached hydrogens (tertiary/aromatic N) is 1. The van der Waals surface area contributed by atoms with Crippen LogP contribution in [0.5, 0.6) is 0 Å². The summed E-state index contributed by atoms with van der Waals surface area (Å²) in [7, 11) is 0. The largest absolute Gasteiger partial charge is 0.381 e. The van der Waals surface area contributed by atoms with Gasteiger partial charge in [0.1, 0.15) is 5.82 Å². The molecule has 1 amide bonds. The number of ether oxygens (including phenoxy) is 1. The first-order valence-corrected chi connectivity index (χ1v) is 6.85. The first-order valence-electron chi connectivity index (χ1n) is 6.47. The van der Waals surface area contributed by atoms with Crippen molar-refractivity contribution in [3.63, 3.8) is 0 Å². The Morgan fingerprint density at radius 2 is 2.37 bits per heavy atom. The zero-order chi connectivity index (χ0) is 13.8. The van der Waals surface area contributed by atoms with Crippen LogP contribution in [0.25, 0.3) is 0 Å². The smallest absolute Gasteiger partial charge is 0.232 e. The van der Waals surface area contributed by atoms with E-state index in [1.54, 1.807) is 12.1 Å². The Hall–Kier alpha value is -1.13. The SMILES string of the molecule is CCN(C(=O)[C@@H]1CCCOC1)c1ccc(Cl)cc1F. The van der Waals surface area contributed by atoms with Crippen LogP contribution in [-0.2, 0) is 9.53 Å². The summed E-state index contributed by atoms with van der Waals surface area (Å²) < 4.78 is 19.2. The second-order valence-electron chi connectivity index (χ2n) is 4.59. The Morgan fingerprint density at radius 3 is 2.95 bits per heavy atom. The Bertz CT molecular complexity index is 461. The second kappa shape index (κ2) is 6.35. The molecule has 0 aliphatic carbocycles. The summed E-state index contributed by atoms with van der Waals surface area (Å²) in [6.45, 7) is 3.37. The summed E-state index contributed by atoms with van der Waals surface area (Å²) in [6.07, 6.45) is 1.67. The number of carbonyl (C=O) groups excluding carboxylic acids is 1. The zero-order valence-electron chi connectivity index (χ0n) is 10.9. The molecule has 1 aromatic rings. The lowest BCUT2D eigenvalue weighted by Gasteiger charge is -2.28. The molecule has 0 spiro atoms. The number of halogens is 2. The third-order valence-electron chi connectivity index (χ3n) is 3.29. The quantitative estimate of drug-likeness (QED) is 0.853. The lowest BCUT2D eigenvalue weighted by Crippen LogP contribution is -2.40. The van der Waals surface area contributed by atoms with Gasteiger partial charge >= 0.3 is 0 Å². The van der Waals surface area contributed by atoms with Crippen LogP contribution in [0.4, 0.5) is 10.1 Å². The van der Waals surface area contributed by atoms with E-state index in [4.69, 9.17) is 16.3 Å². The molecule has 0 radical (unpaired) electrons. The molecule has 1 aliphatic rings. The predicted octanol–water partition coefficient (Wildman–Crippen LogP) is 3.26. The Morgan fingerprint density at radius 1 is 1.58 bits per heavy atom. The molecule has 0 N–H and O–H groups in total. The minimum atomic E-state index is -0.473. The van der Waals surface area contributed by atoms with Crippen LogP contribution in [-0.4, -0.2) is 25.7 Å². The first kappa shape index (κ1) is 14.3. The second-order valence-corrected chi connectivity index (χ2v) is 5.03. The molecule has 0 saturated carbocycles. The Balaban J connectivity index is 2.20. The summed E-state index contributed by atoms with van der Waals surface area (Å²) in [5.41, 5.74) is 0.280. The third kappa shape index (κ3) is 3.25. The van der Waals surface area contributed by atoms with Crippen LogP contribution in [0.1, 0.15) is 19.8 Å². The van der Waals surface area contributed by atoms with Gasteiger partial charge in [0.15, 0.2) is 0 Å². The van der Waals surface area contributed by atoms with Crippen molar-refractivity contribution in [2.45, 2.75) is 19.8 Å². The Labute approximate surface area is 117 Å². The van der Waals surface area contributed by atoms with Crippen molar-refractivity contribution in [1.29, 1.82) is 0 Å². The molecule has 1 atom stereocenters. The maximum atomic E-state index is 13.9. The van der Waals surface area contributed by atoms with Crippen LogP contribution in [0.15, 0.2) is 18.2 Å². The third-order valence-corrected chi connectivity index (χ3v) is 3.53. The van der Waals surface area contributed by atoms with E-state index in [0.717, 1.165) is 12.8 Å². The molecule has 0 aromatic heterocycles. The van der Waals surface area contributed by atoms with E-state index >= 15 is 0 Å². The number of amides is 1. The number of carbonyl (C=O) groups is 1. The topological polar surface area (TPSA) is 29.5 Å². The Kier molecular flexibility index (Phi) is 4.77. The van der Waals surface area contributed by atoms with E-state index in [1.165, 1.54) is 11.0 Å². The number of hydrogen-bond donors (Lipinski definition) is 0. The van der Waals surface area contributed by atoms with E-state index in [-0.39, 0.29) is 17.5 Å². The molecule has 1 fully saturated rings. The molecule has 19 heavy (non-hydrogen) atoms. The average Bonchev–Trinajstić information content (AvgIpc) is 2.42. The molecule has 1 aromatic carbocycles. The highest BCUT2D eigenvalue weighted by molar-refractivity contribution is 6.30. The predicted molar refractivity (Wildman–Crippen MR) is 73.0 cm³/mol. The molecular weight excluding hydrogens is 269 g/mol. The maximum Gasteiger partial charge on any atom is 0.232 e. The van der Waals surface area contributed by atoms with Gasteiger partial charge in [0.25, 0.3) is 0 Å². The molecule has 1 aliphatic heterocycles. The molecule has 5 heteroatoms. The number of hydrogen-bond acceptors (Lipinski definition) is 2. The van der Waals surface area contributed by atoms with Gasteiger partial charge in [-0.15, -0.1) is 0 Å². The summed E-state index contributed by atoms with van der Waals surface area (Å²) in [5, 5.41) is 0.325. The van der Waals surface area contributed by atoms with Gasteiger partial charge in [0.05, 0.1) is 18.2 Å². The normalized spacial score (nSPS) is 19.2. The van der Waals surface area contributed by atoms with Crippen molar-refractivity contribution in [2.75, 3.05) is 24.7 Å². The lowest BCUT2D eigenvalue weighted by molar-refractivity contribution is -0.126. The van der Waals surface area contributed by atoms with Crippen LogP contribution < -0.4 is 4.90 Å². The van der Waals surface area contributed by atoms with Crippen molar-refractivity contribution < 1.29 is 13.9 Å². The highest BCUT2D eigenvalue weighted by Crippen LogP contribution is 2.26.